The first-order valence-corrected chi connectivity index (χ1v) is 2.85. The second-order valence-corrected chi connectivity index (χ2v) is 2.01. The fraction of sp³-hybridized carbons (Fsp3) is 0. The van der Waals surface area contributed by atoms with E-state index in [0.29, 0.717) is 0 Å². The van der Waals surface area contributed by atoms with Gasteiger partial charge in [-0.2, -0.15) is 0 Å². The molecule has 1 rings (SSSR count). The molecule has 0 aliphatic rings. The van der Waals surface area contributed by atoms with Crippen LogP contribution in [0, 0.1) is 6.92 Å². The summed E-state index contributed by atoms with van der Waals surface area (Å²) in [5.74, 6) is -0.912. The number of halogens is 1. The van der Waals surface area contributed by atoms with Gasteiger partial charge in [0, 0.05) is 0 Å². The van der Waals surface area contributed by atoms with Crippen molar-refractivity contribution in [2.75, 3.05) is 0 Å². The molecule has 0 bridgehead atoms. The topological polar surface area (TPSA) is 37.3 Å². The van der Waals surface area contributed by atoms with Crippen molar-refractivity contribution in [2.45, 2.75) is 0 Å². The molecule has 0 amide bonds. The molecule has 0 saturated heterocycles. The lowest BCUT2D eigenvalue weighted by atomic mass is 10.1. The average Bonchev–Trinajstić information content (AvgIpc) is 1.88. The molecule has 0 heterocycles. The van der Waals surface area contributed by atoms with E-state index in [9.17, 15) is 4.79 Å². The van der Waals surface area contributed by atoms with Crippen LogP contribution in [0.4, 0.5) is 0 Å². The van der Waals surface area contributed by atoms with Gasteiger partial charge in [0.15, 0.2) is 0 Å². The van der Waals surface area contributed by atoms with Crippen molar-refractivity contribution < 1.29 is 9.90 Å². The average molecular weight is 172 g/mol. The minimum atomic E-state index is -0.912. The van der Waals surface area contributed by atoms with Crippen LogP contribution in [-0.2, 0) is 0 Å². The Morgan fingerprint density at radius 3 is 2.45 bits per heavy atom. The van der Waals surface area contributed by atoms with Crippen LogP contribution in [-0.4, -0.2) is 11.1 Å². The molecule has 0 fully saturated rings. The van der Waals surface area contributed by atoms with E-state index in [0.717, 1.165) is 5.56 Å². The van der Waals surface area contributed by atoms with Gasteiger partial charge < -0.3 is 5.11 Å². The lowest BCUT2D eigenvalue weighted by Crippen LogP contribution is -1.95. The molecule has 0 atom stereocenters. The van der Waals surface area contributed by atoms with E-state index in [4.69, 9.17) is 5.11 Å². The normalized spacial score (nSPS) is 8.45. The lowest BCUT2D eigenvalue weighted by Gasteiger charge is -1.93. The van der Waals surface area contributed by atoms with Crippen LogP contribution < -0.4 is 0 Å². The van der Waals surface area contributed by atoms with Crippen molar-refractivity contribution in [3.63, 3.8) is 0 Å². The Morgan fingerprint density at radius 1 is 1.45 bits per heavy atom. The maximum Gasteiger partial charge on any atom is 0.335 e. The van der Waals surface area contributed by atoms with Crippen molar-refractivity contribution in [1.82, 2.24) is 0 Å². The van der Waals surface area contributed by atoms with Crippen LogP contribution in [0.15, 0.2) is 24.3 Å². The van der Waals surface area contributed by atoms with E-state index < -0.39 is 5.97 Å². The number of carbonyl (C=O) groups is 1. The molecule has 0 spiro atoms. The summed E-state index contributed by atoms with van der Waals surface area (Å²) >= 11 is 0. The number of aromatic carboxylic acids is 1. The largest absolute Gasteiger partial charge is 0.478 e. The van der Waals surface area contributed by atoms with Gasteiger partial charge in [-0.1, -0.05) is 12.1 Å². The first kappa shape index (κ1) is 9.98. The van der Waals surface area contributed by atoms with E-state index >= 15 is 0 Å². The molecule has 11 heavy (non-hydrogen) atoms. The standard InChI is InChI=1S/C8H7O2.ClH/c1-6-3-2-4-7(5-6)8(9)10;/h2-5H,1H2,(H,9,10);1H. The summed E-state index contributed by atoms with van der Waals surface area (Å²) in [6.45, 7) is 3.60. The predicted octanol–water partition coefficient (Wildman–Crippen LogP) is 1.99. The van der Waals surface area contributed by atoms with Gasteiger partial charge in [0.05, 0.1) is 5.56 Å². The van der Waals surface area contributed by atoms with Gasteiger partial charge in [0.2, 0.25) is 0 Å². The highest BCUT2D eigenvalue weighted by molar-refractivity contribution is 5.87. The van der Waals surface area contributed by atoms with Crippen LogP contribution >= 0.6 is 12.4 Å². The van der Waals surface area contributed by atoms with Crippen molar-refractivity contribution in [2.24, 2.45) is 0 Å². The molecule has 0 unspecified atom stereocenters. The molecule has 0 aliphatic carbocycles. The summed E-state index contributed by atoms with van der Waals surface area (Å²) in [6.07, 6.45) is 0. The fourth-order valence-electron chi connectivity index (χ4n) is 0.704. The second kappa shape index (κ2) is 3.98. The van der Waals surface area contributed by atoms with Crippen LogP contribution in [0.3, 0.4) is 0 Å². The van der Waals surface area contributed by atoms with Crippen molar-refractivity contribution >= 4 is 18.4 Å². The summed E-state index contributed by atoms with van der Waals surface area (Å²) < 4.78 is 0. The number of rotatable bonds is 1. The molecule has 3 heteroatoms. The van der Waals surface area contributed by atoms with Gasteiger partial charge in [-0.25, -0.2) is 4.79 Å². The molecular formula is C8H8ClO2. The maximum atomic E-state index is 10.3. The van der Waals surface area contributed by atoms with Crippen LogP contribution in [0.5, 0.6) is 0 Å². The molecule has 59 valence electrons. The zero-order chi connectivity index (χ0) is 7.56. The summed E-state index contributed by atoms with van der Waals surface area (Å²) in [4.78, 5) is 10.3. The highest BCUT2D eigenvalue weighted by Crippen LogP contribution is 2.02. The maximum absolute atomic E-state index is 10.3. The Hall–Kier alpha value is -1.02. The van der Waals surface area contributed by atoms with E-state index in [1.807, 2.05) is 0 Å². The van der Waals surface area contributed by atoms with Crippen molar-refractivity contribution in [3.05, 3.63) is 42.3 Å². The number of benzene rings is 1. The van der Waals surface area contributed by atoms with Gasteiger partial charge in [-0.3, -0.25) is 0 Å². The molecule has 1 aromatic carbocycles. The Kier molecular flexibility index (Phi) is 3.61. The Labute approximate surface area is 71.3 Å². The number of carboxylic acid groups (broad SMARTS) is 1. The zero-order valence-electron chi connectivity index (χ0n) is 5.78. The van der Waals surface area contributed by atoms with E-state index in [-0.39, 0.29) is 18.0 Å². The quantitative estimate of drug-likeness (QED) is 0.702. The number of carboxylic acids is 1. The predicted molar refractivity (Wildman–Crippen MR) is 45.1 cm³/mol. The molecule has 1 aromatic rings. The van der Waals surface area contributed by atoms with Crippen LogP contribution in [0.1, 0.15) is 15.9 Å². The molecular weight excluding hydrogens is 164 g/mol. The fourth-order valence-corrected chi connectivity index (χ4v) is 0.704. The third-order valence-corrected chi connectivity index (χ3v) is 1.17. The van der Waals surface area contributed by atoms with Crippen LogP contribution in [0.25, 0.3) is 0 Å². The smallest absolute Gasteiger partial charge is 0.335 e. The molecule has 0 aliphatic heterocycles. The molecule has 1 radical (unpaired) electrons. The Bertz CT molecular complexity index is 258. The summed E-state index contributed by atoms with van der Waals surface area (Å²) in [6, 6.07) is 6.50. The Balaban J connectivity index is 0.000001000. The van der Waals surface area contributed by atoms with E-state index in [1.165, 1.54) is 12.1 Å². The monoisotopic (exact) mass is 171 g/mol. The molecule has 2 nitrogen and oxygen atoms in total. The lowest BCUT2D eigenvalue weighted by molar-refractivity contribution is 0.0697. The van der Waals surface area contributed by atoms with E-state index in [1.54, 1.807) is 12.1 Å². The minimum Gasteiger partial charge on any atom is -0.478 e. The van der Waals surface area contributed by atoms with Crippen LogP contribution in [0.2, 0.25) is 0 Å². The molecule has 1 N–H and O–H groups in total. The summed E-state index contributed by atoms with van der Waals surface area (Å²) in [7, 11) is 0. The third kappa shape index (κ3) is 2.60. The van der Waals surface area contributed by atoms with Crippen molar-refractivity contribution in [1.29, 1.82) is 0 Å². The third-order valence-electron chi connectivity index (χ3n) is 1.17. The first-order valence-electron chi connectivity index (χ1n) is 2.85. The first-order chi connectivity index (χ1) is 4.70. The number of hydrogen-bond acceptors (Lipinski definition) is 1. The second-order valence-electron chi connectivity index (χ2n) is 2.01. The van der Waals surface area contributed by atoms with Gasteiger partial charge >= 0.3 is 5.97 Å². The zero-order valence-corrected chi connectivity index (χ0v) is 6.60. The SMILES string of the molecule is Cl.[CH2]c1cccc(C(=O)O)c1. The summed E-state index contributed by atoms with van der Waals surface area (Å²) in [5.41, 5.74) is 1.01. The van der Waals surface area contributed by atoms with Crippen molar-refractivity contribution in [3.8, 4) is 0 Å². The highest BCUT2D eigenvalue weighted by atomic mass is 35.5. The number of hydrogen-bond donors (Lipinski definition) is 1. The van der Waals surface area contributed by atoms with Gasteiger partial charge in [-0.15, -0.1) is 12.4 Å². The highest BCUT2D eigenvalue weighted by Gasteiger charge is 1.99. The molecule has 0 aromatic heterocycles. The van der Waals surface area contributed by atoms with Gasteiger partial charge in [0.1, 0.15) is 0 Å². The molecule has 0 saturated carbocycles. The van der Waals surface area contributed by atoms with E-state index in [2.05, 4.69) is 6.92 Å². The van der Waals surface area contributed by atoms with Gasteiger partial charge in [0.25, 0.3) is 0 Å². The van der Waals surface area contributed by atoms with Gasteiger partial charge in [-0.05, 0) is 24.6 Å². The Morgan fingerprint density at radius 2 is 2.09 bits per heavy atom. The summed E-state index contributed by atoms with van der Waals surface area (Å²) in [5, 5.41) is 8.48. The minimum absolute atomic E-state index is 0.